The van der Waals surface area contributed by atoms with Crippen LogP contribution in [-0.2, 0) is 0 Å². The predicted octanol–water partition coefficient (Wildman–Crippen LogP) is 5.84. The van der Waals surface area contributed by atoms with Crippen LogP contribution in [0.4, 0.5) is 0 Å². The summed E-state index contributed by atoms with van der Waals surface area (Å²) in [7, 11) is 0. The summed E-state index contributed by atoms with van der Waals surface area (Å²) < 4.78 is 2.24. The average Bonchev–Trinajstić information content (AvgIpc) is 3.40. The molecule has 8 nitrogen and oxygen atoms in total. The third-order valence-electron chi connectivity index (χ3n) is 5.09. The summed E-state index contributed by atoms with van der Waals surface area (Å²) in [5.74, 6) is -1.92. The molecule has 0 amide bonds. The SMILES string of the molecule is O=C(O)c1cccc(-c2ccccn2)c1Br.O=C(O)c1ccccc1-n1cnc(-c2ccccn2)c1. The summed E-state index contributed by atoms with van der Waals surface area (Å²) >= 11 is 3.30. The smallest absolute Gasteiger partial charge is 0.337 e. The number of imidazole rings is 1. The number of aromatic carboxylic acids is 2. The summed E-state index contributed by atoms with van der Waals surface area (Å²) in [6.45, 7) is 0. The van der Waals surface area contributed by atoms with Crippen LogP contribution in [0.15, 0.2) is 108 Å². The van der Waals surface area contributed by atoms with Crippen molar-refractivity contribution in [2.24, 2.45) is 0 Å². The summed E-state index contributed by atoms with van der Waals surface area (Å²) in [6, 6.07) is 23.0. The topological polar surface area (TPSA) is 118 Å². The van der Waals surface area contributed by atoms with E-state index in [1.54, 1.807) is 65.9 Å². The molecule has 9 heteroatoms. The third-order valence-corrected chi connectivity index (χ3v) is 5.95. The number of carboxylic acid groups (broad SMARTS) is 2. The number of rotatable bonds is 5. The molecule has 0 aliphatic heterocycles. The number of nitrogens with zero attached hydrogens (tertiary/aromatic N) is 4. The highest BCUT2D eigenvalue weighted by Crippen LogP contribution is 2.29. The number of aromatic nitrogens is 4. The Kier molecular flexibility index (Phi) is 7.62. The van der Waals surface area contributed by atoms with Gasteiger partial charge >= 0.3 is 11.9 Å². The Labute approximate surface area is 214 Å². The fourth-order valence-corrected chi connectivity index (χ4v) is 4.03. The second kappa shape index (κ2) is 11.2. The molecule has 0 aliphatic rings. The van der Waals surface area contributed by atoms with E-state index in [0.717, 1.165) is 17.0 Å². The van der Waals surface area contributed by atoms with Gasteiger partial charge in [-0.25, -0.2) is 14.6 Å². The van der Waals surface area contributed by atoms with E-state index in [2.05, 4.69) is 30.9 Å². The first kappa shape index (κ1) is 24.5. The zero-order valence-corrected chi connectivity index (χ0v) is 20.3. The summed E-state index contributed by atoms with van der Waals surface area (Å²) in [5.41, 5.74) is 4.03. The van der Waals surface area contributed by atoms with Crippen molar-refractivity contribution >= 4 is 27.9 Å². The van der Waals surface area contributed by atoms with Crippen LogP contribution in [0.25, 0.3) is 28.3 Å². The molecule has 5 rings (SSSR count). The van der Waals surface area contributed by atoms with Crippen molar-refractivity contribution in [2.45, 2.75) is 0 Å². The molecule has 2 aromatic carbocycles. The second-order valence-electron chi connectivity index (χ2n) is 7.39. The molecule has 0 spiro atoms. The van der Waals surface area contributed by atoms with Gasteiger partial charge in [0, 0.05) is 28.6 Å². The van der Waals surface area contributed by atoms with E-state index in [9.17, 15) is 14.7 Å². The first-order chi connectivity index (χ1) is 17.5. The zero-order chi connectivity index (χ0) is 25.5. The minimum Gasteiger partial charge on any atom is -0.478 e. The number of para-hydroxylation sites is 1. The standard InChI is InChI=1S/C15H11N3O2.C12H8BrNO2/c19-15(20)11-5-1-2-7-14(11)18-9-13(17-10-18)12-6-3-4-8-16-12;13-11-8(10-6-1-2-7-14-10)4-3-5-9(11)12(15)16/h1-10H,(H,19,20);1-7H,(H,15,16). The van der Waals surface area contributed by atoms with Crippen molar-refractivity contribution in [1.29, 1.82) is 0 Å². The van der Waals surface area contributed by atoms with Crippen LogP contribution in [0, 0.1) is 0 Å². The maximum atomic E-state index is 11.2. The largest absolute Gasteiger partial charge is 0.478 e. The van der Waals surface area contributed by atoms with Crippen LogP contribution in [0.5, 0.6) is 0 Å². The van der Waals surface area contributed by atoms with E-state index >= 15 is 0 Å². The van der Waals surface area contributed by atoms with E-state index in [1.807, 2.05) is 42.5 Å². The number of halogens is 1. The average molecular weight is 543 g/mol. The summed E-state index contributed by atoms with van der Waals surface area (Å²) in [6.07, 6.45) is 6.73. The van der Waals surface area contributed by atoms with Gasteiger partial charge in [0.25, 0.3) is 0 Å². The molecule has 0 radical (unpaired) electrons. The van der Waals surface area contributed by atoms with Crippen LogP contribution in [0.2, 0.25) is 0 Å². The lowest BCUT2D eigenvalue weighted by Gasteiger charge is -2.06. The Morgan fingerprint density at radius 1 is 0.667 bits per heavy atom. The molecule has 3 aromatic heterocycles. The van der Waals surface area contributed by atoms with E-state index in [1.165, 1.54) is 0 Å². The van der Waals surface area contributed by atoms with Gasteiger partial charge in [-0.2, -0.15) is 0 Å². The van der Waals surface area contributed by atoms with Crippen molar-refractivity contribution < 1.29 is 19.8 Å². The second-order valence-corrected chi connectivity index (χ2v) is 8.18. The molecule has 0 saturated heterocycles. The molecule has 0 atom stereocenters. The van der Waals surface area contributed by atoms with Crippen molar-refractivity contribution in [1.82, 2.24) is 19.5 Å². The molecule has 3 heterocycles. The molecular weight excluding hydrogens is 524 g/mol. The van der Waals surface area contributed by atoms with Crippen LogP contribution in [-0.4, -0.2) is 41.7 Å². The highest BCUT2D eigenvalue weighted by atomic mass is 79.9. The summed E-state index contributed by atoms with van der Waals surface area (Å²) in [5, 5.41) is 18.2. The van der Waals surface area contributed by atoms with Gasteiger partial charge in [0.1, 0.15) is 12.0 Å². The number of pyridine rings is 2. The van der Waals surface area contributed by atoms with Crippen LogP contribution in [0.1, 0.15) is 20.7 Å². The molecule has 0 bridgehead atoms. The lowest BCUT2D eigenvalue weighted by molar-refractivity contribution is 0.0685. The molecular formula is C27H19BrN4O4. The van der Waals surface area contributed by atoms with Gasteiger partial charge in [-0.15, -0.1) is 0 Å². The number of hydrogen-bond donors (Lipinski definition) is 2. The van der Waals surface area contributed by atoms with Gasteiger partial charge in [0.15, 0.2) is 0 Å². The van der Waals surface area contributed by atoms with Gasteiger partial charge in [-0.3, -0.25) is 9.97 Å². The maximum Gasteiger partial charge on any atom is 0.337 e. The van der Waals surface area contributed by atoms with Crippen LogP contribution in [0.3, 0.4) is 0 Å². The van der Waals surface area contributed by atoms with Gasteiger partial charge in [-0.05, 0) is 58.4 Å². The molecule has 0 saturated carbocycles. The fourth-order valence-electron chi connectivity index (χ4n) is 3.40. The van der Waals surface area contributed by atoms with E-state index in [-0.39, 0.29) is 11.1 Å². The lowest BCUT2D eigenvalue weighted by Crippen LogP contribution is -2.03. The zero-order valence-electron chi connectivity index (χ0n) is 18.7. The Morgan fingerprint density at radius 3 is 1.92 bits per heavy atom. The van der Waals surface area contributed by atoms with Crippen molar-refractivity contribution in [3.05, 3.63) is 119 Å². The lowest BCUT2D eigenvalue weighted by atomic mass is 10.1. The predicted molar refractivity (Wildman–Crippen MR) is 138 cm³/mol. The molecule has 0 unspecified atom stereocenters. The Balaban J connectivity index is 0.000000174. The Morgan fingerprint density at radius 2 is 1.28 bits per heavy atom. The highest BCUT2D eigenvalue weighted by molar-refractivity contribution is 9.10. The first-order valence-corrected chi connectivity index (χ1v) is 11.5. The van der Waals surface area contributed by atoms with Gasteiger partial charge in [0.05, 0.1) is 28.2 Å². The van der Waals surface area contributed by atoms with Crippen LogP contribution >= 0.6 is 15.9 Å². The van der Waals surface area contributed by atoms with Gasteiger partial charge in [-0.1, -0.05) is 36.4 Å². The van der Waals surface area contributed by atoms with E-state index in [0.29, 0.717) is 15.9 Å². The monoisotopic (exact) mass is 542 g/mol. The Bertz CT molecular complexity index is 1510. The molecule has 2 N–H and O–H groups in total. The highest BCUT2D eigenvalue weighted by Gasteiger charge is 2.13. The maximum absolute atomic E-state index is 11.2. The van der Waals surface area contributed by atoms with E-state index < -0.39 is 11.9 Å². The molecule has 36 heavy (non-hydrogen) atoms. The molecule has 178 valence electrons. The van der Waals surface area contributed by atoms with Crippen molar-refractivity contribution in [3.63, 3.8) is 0 Å². The fraction of sp³-hybridized carbons (Fsp3) is 0. The number of hydrogen-bond acceptors (Lipinski definition) is 5. The van der Waals surface area contributed by atoms with Crippen molar-refractivity contribution in [3.8, 4) is 28.3 Å². The first-order valence-electron chi connectivity index (χ1n) is 10.7. The van der Waals surface area contributed by atoms with Crippen LogP contribution < -0.4 is 0 Å². The molecule has 0 fully saturated rings. The minimum absolute atomic E-state index is 0.234. The number of carboxylic acids is 2. The number of benzene rings is 2. The normalized spacial score (nSPS) is 10.2. The van der Waals surface area contributed by atoms with Crippen molar-refractivity contribution in [2.75, 3.05) is 0 Å². The summed E-state index contributed by atoms with van der Waals surface area (Å²) in [4.78, 5) is 34.9. The quantitative estimate of drug-likeness (QED) is 0.286. The van der Waals surface area contributed by atoms with Gasteiger partial charge < -0.3 is 14.8 Å². The Hall–Kier alpha value is -4.63. The van der Waals surface area contributed by atoms with E-state index in [4.69, 9.17) is 5.11 Å². The minimum atomic E-state index is -0.964. The third kappa shape index (κ3) is 5.53. The van der Waals surface area contributed by atoms with Gasteiger partial charge in [0.2, 0.25) is 0 Å². The number of carbonyl (C=O) groups is 2. The molecule has 5 aromatic rings. The molecule has 0 aliphatic carbocycles.